The molecule has 1 heteroatoms. The average molecular weight is 212 g/mol. The number of hydrogen-bond donors (Lipinski definition) is 0. The molecule has 0 bridgehead atoms. The van der Waals surface area contributed by atoms with E-state index >= 15 is 0 Å². The summed E-state index contributed by atoms with van der Waals surface area (Å²) in [4.78, 5) is 10.5. The van der Waals surface area contributed by atoms with Gasteiger partial charge in [-0.1, -0.05) is 50.4 Å². The minimum Gasteiger partial charge on any atom is -0.298 e. The average Bonchev–Trinajstić information content (AvgIpc) is 2.35. The van der Waals surface area contributed by atoms with Gasteiger partial charge in [0, 0.05) is 5.57 Å². The topological polar surface area (TPSA) is 17.1 Å². The molecule has 0 atom stereocenters. The zero-order valence-corrected chi connectivity index (χ0v) is 9.57. The van der Waals surface area contributed by atoms with Crippen LogP contribution in [0.25, 0.3) is 5.57 Å². The highest BCUT2D eigenvalue weighted by Crippen LogP contribution is 2.18. The van der Waals surface area contributed by atoms with E-state index in [2.05, 4.69) is 32.2 Å². The van der Waals surface area contributed by atoms with E-state index in [1.807, 2.05) is 12.1 Å². The van der Waals surface area contributed by atoms with Gasteiger partial charge in [0.05, 0.1) is 0 Å². The number of carbonyl (C=O) groups is 1. The third kappa shape index (κ3) is 3.06. The van der Waals surface area contributed by atoms with Crippen LogP contribution in [0.1, 0.15) is 18.1 Å². The summed E-state index contributed by atoms with van der Waals surface area (Å²) in [6.07, 6.45) is 5.22. The molecule has 1 aromatic rings. The largest absolute Gasteiger partial charge is 0.298 e. The third-order valence-electron chi connectivity index (χ3n) is 2.38. The van der Waals surface area contributed by atoms with Crippen molar-refractivity contribution in [3.8, 4) is 0 Å². The number of carbonyl (C=O) groups excluding carboxylic acids is 1. The standard InChI is InChI=1S/C15H16O/c1-4-13-7-6-8-15(10-13)14(5-2)9-12(3)11-16/h5-11H,2-4H2,1H3/b14-9+. The van der Waals surface area contributed by atoms with Gasteiger partial charge in [0.2, 0.25) is 0 Å². The van der Waals surface area contributed by atoms with Crippen LogP contribution in [0.4, 0.5) is 0 Å². The van der Waals surface area contributed by atoms with Gasteiger partial charge in [-0.15, -0.1) is 0 Å². The zero-order valence-electron chi connectivity index (χ0n) is 9.57. The Morgan fingerprint density at radius 3 is 2.75 bits per heavy atom. The van der Waals surface area contributed by atoms with E-state index in [1.54, 1.807) is 12.2 Å². The fourth-order valence-corrected chi connectivity index (χ4v) is 1.46. The molecule has 1 rings (SSSR count). The molecule has 82 valence electrons. The smallest absolute Gasteiger partial charge is 0.149 e. The summed E-state index contributed by atoms with van der Waals surface area (Å²) in [5.41, 5.74) is 3.71. The fourth-order valence-electron chi connectivity index (χ4n) is 1.46. The maximum Gasteiger partial charge on any atom is 0.149 e. The van der Waals surface area contributed by atoms with E-state index in [1.165, 1.54) is 5.56 Å². The molecule has 1 aromatic carbocycles. The highest BCUT2D eigenvalue weighted by molar-refractivity contribution is 5.85. The summed E-state index contributed by atoms with van der Waals surface area (Å²) in [6.45, 7) is 9.50. The lowest BCUT2D eigenvalue weighted by atomic mass is 10.0. The Morgan fingerprint density at radius 2 is 2.19 bits per heavy atom. The first-order valence-corrected chi connectivity index (χ1v) is 5.28. The first-order valence-electron chi connectivity index (χ1n) is 5.28. The Bertz CT molecular complexity index is 439. The Hall–Kier alpha value is -1.89. The molecule has 1 nitrogen and oxygen atoms in total. The maximum atomic E-state index is 10.5. The molecule has 0 aromatic heterocycles. The summed E-state index contributed by atoms with van der Waals surface area (Å²) >= 11 is 0. The van der Waals surface area contributed by atoms with Crippen molar-refractivity contribution >= 4 is 11.9 Å². The molecule has 0 unspecified atom stereocenters. The number of hydrogen-bond acceptors (Lipinski definition) is 1. The highest BCUT2D eigenvalue weighted by Gasteiger charge is 1.99. The van der Waals surface area contributed by atoms with Crippen molar-refractivity contribution in [1.29, 1.82) is 0 Å². The molecular weight excluding hydrogens is 196 g/mol. The normalized spacial score (nSPS) is 10.9. The second-order valence-electron chi connectivity index (χ2n) is 3.55. The Morgan fingerprint density at radius 1 is 1.44 bits per heavy atom. The first kappa shape index (κ1) is 12.2. The van der Waals surface area contributed by atoms with Gasteiger partial charge in [-0.2, -0.15) is 0 Å². The van der Waals surface area contributed by atoms with Crippen LogP contribution >= 0.6 is 0 Å². The number of allylic oxidation sites excluding steroid dienone is 4. The molecule has 0 heterocycles. The van der Waals surface area contributed by atoms with Gasteiger partial charge in [-0.25, -0.2) is 0 Å². The lowest BCUT2D eigenvalue weighted by Crippen LogP contribution is -1.86. The number of benzene rings is 1. The van der Waals surface area contributed by atoms with Crippen molar-refractivity contribution in [1.82, 2.24) is 0 Å². The predicted molar refractivity (Wildman–Crippen MR) is 69.2 cm³/mol. The van der Waals surface area contributed by atoms with Gasteiger partial charge in [0.15, 0.2) is 0 Å². The highest BCUT2D eigenvalue weighted by atomic mass is 16.1. The lowest BCUT2D eigenvalue weighted by molar-refractivity contribution is -0.104. The van der Waals surface area contributed by atoms with Gasteiger partial charge >= 0.3 is 0 Å². The molecule has 0 radical (unpaired) electrons. The Kier molecular flexibility index (Phi) is 4.46. The van der Waals surface area contributed by atoms with E-state index in [4.69, 9.17) is 0 Å². The second-order valence-corrected chi connectivity index (χ2v) is 3.55. The molecule has 0 amide bonds. The monoisotopic (exact) mass is 212 g/mol. The SMILES string of the molecule is C=C/C(=C\C(=C)C=O)c1cccc(CC)c1. The molecular formula is C15H16O. The minimum absolute atomic E-state index is 0.455. The Balaban J connectivity index is 3.12. The van der Waals surface area contributed by atoms with Crippen LogP contribution in [-0.2, 0) is 11.2 Å². The molecule has 16 heavy (non-hydrogen) atoms. The van der Waals surface area contributed by atoms with Crippen molar-refractivity contribution in [2.45, 2.75) is 13.3 Å². The van der Waals surface area contributed by atoms with Gasteiger partial charge in [0.1, 0.15) is 6.29 Å². The van der Waals surface area contributed by atoms with Crippen LogP contribution in [0, 0.1) is 0 Å². The van der Waals surface area contributed by atoms with Crippen LogP contribution in [0.5, 0.6) is 0 Å². The van der Waals surface area contributed by atoms with E-state index < -0.39 is 0 Å². The van der Waals surface area contributed by atoms with Crippen LogP contribution in [0.3, 0.4) is 0 Å². The van der Waals surface area contributed by atoms with Crippen molar-refractivity contribution < 1.29 is 4.79 Å². The van der Waals surface area contributed by atoms with Crippen LogP contribution in [-0.4, -0.2) is 6.29 Å². The maximum absolute atomic E-state index is 10.5. The number of aldehydes is 1. The summed E-state index contributed by atoms with van der Waals surface area (Å²) in [5, 5.41) is 0. The summed E-state index contributed by atoms with van der Waals surface area (Å²) in [7, 11) is 0. The van der Waals surface area contributed by atoms with Gasteiger partial charge in [0.25, 0.3) is 0 Å². The summed E-state index contributed by atoms with van der Waals surface area (Å²) < 4.78 is 0. The molecule has 0 aliphatic carbocycles. The zero-order chi connectivity index (χ0) is 12.0. The van der Waals surface area contributed by atoms with Gasteiger partial charge in [-0.3, -0.25) is 4.79 Å². The minimum atomic E-state index is 0.455. The van der Waals surface area contributed by atoms with Crippen LogP contribution < -0.4 is 0 Å². The quantitative estimate of drug-likeness (QED) is 0.414. The predicted octanol–water partition coefficient (Wildman–Crippen LogP) is 3.57. The summed E-state index contributed by atoms with van der Waals surface area (Å²) in [5.74, 6) is 0. The lowest BCUT2D eigenvalue weighted by Gasteiger charge is -2.04. The van der Waals surface area contributed by atoms with Crippen molar-refractivity contribution in [2.75, 3.05) is 0 Å². The molecule has 0 aliphatic heterocycles. The van der Waals surface area contributed by atoms with Crippen molar-refractivity contribution in [3.63, 3.8) is 0 Å². The van der Waals surface area contributed by atoms with Crippen LogP contribution in [0.15, 0.2) is 55.1 Å². The van der Waals surface area contributed by atoms with Gasteiger partial charge in [-0.05, 0) is 29.2 Å². The van der Waals surface area contributed by atoms with E-state index in [0.717, 1.165) is 23.8 Å². The first-order chi connectivity index (χ1) is 7.71. The number of rotatable bonds is 5. The van der Waals surface area contributed by atoms with E-state index in [0.29, 0.717) is 5.57 Å². The third-order valence-corrected chi connectivity index (χ3v) is 2.38. The van der Waals surface area contributed by atoms with Gasteiger partial charge < -0.3 is 0 Å². The molecule has 0 spiro atoms. The molecule has 0 fully saturated rings. The van der Waals surface area contributed by atoms with Crippen LogP contribution in [0.2, 0.25) is 0 Å². The van der Waals surface area contributed by atoms with Crippen molar-refractivity contribution in [3.05, 3.63) is 66.3 Å². The molecule has 0 N–H and O–H groups in total. The van der Waals surface area contributed by atoms with Crippen molar-refractivity contribution in [2.24, 2.45) is 0 Å². The second kappa shape index (κ2) is 5.86. The Labute approximate surface area is 96.8 Å². The molecule has 0 saturated carbocycles. The summed E-state index contributed by atoms with van der Waals surface area (Å²) in [6, 6.07) is 8.20. The van der Waals surface area contributed by atoms with E-state index in [9.17, 15) is 4.79 Å². The number of aryl methyl sites for hydroxylation is 1. The van der Waals surface area contributed by atoms with E-state index in [-0.39, 0.29) is 0 Å². The molecule has 0 aliphatic rings. The molecule has 0 saturated heterocycles. The fraction of sp³-hybridized carbons (Fsp3) is 0.133.